The van der Waals surface area contributed by atoms with Crippen molar-refractivity contribution in [2.45, 2.75) is 58.5 Å². The molecule has 0 aromatic heterocycles. The van der Waals surface area contributed by atoms with Crippen LogP contribution in [0.5, 0.6) is 0 Å². The lowest BCUT2D eigenvalue weighted by atomic mass is 10.0. The Labute approximate surface area is 111 Å². The molecule has 1 fully saturated rings. The number of piperidine rings is 1. The minimum atomic E-state index is 0.154. The van der Waals surface area contributed by atoms with Crippen molar-refractivity contribution < 1.29 is 4.79 Å². The molecule has 0 aliphatic carbocycles. The van der Waals surface area contributed by atoms with Crippen LogP contribution in [0, 0.1) is 0 Å². The molecule has 0 spiro atoms. The summed E-state index contributed by atoms with van der Waals surface area (Å²) >= 11 is 0. The van der Waals surface area contributed by atoms with Gasteiger partial charge in [0, 0.05) is 25.0 Å². The molecule has 0 saturated carbocycles. The van der Waals surface area contributed by atoms with Gasteiger partial charge in [0.1, 0.15) is 0 Å². The molecule has 0 aromatic carbocycles. The van der Waals surface area contributed by atoms with E-state index in [1.807, 2.05) is 13.8 Å². The van der Waals surface area contributed by atoms with Gasteiger partial charge in [-0.1, -0.05) is 6.92 Å². The molecule has 106 valence electrons. The Hall–Kier alpha value is -0.610. The van der Waals surface area contributed by atoms with Crippen molar-refractivity contribution >= 4 is 5.91 Å². The lowest BCUT2D eigenvalue weighted by Gasteiger charge is -2.32. The number of rotatable bonds is 7. The Morgan fingerprint density at radius 2 is 2.00 bits per heavy atom. The van der Waals surface area contributed by atoms with Crippen LogP contribution in [0.1, 0.15) is 46.5 Å². The molecule has 18 heavy (non-hydrogen) atoms. The van der Waals surface area contributed by atoms with E-state index in [0.29, 0.717) is 12.5 Å². The molecule has 4 nitrogen and oxygen atoms in total. The van der Waals surface area contributed by atoms with Crippen LogP contribution in [-0.2, 0) is 4.79 Å². The zero-order valence-corrected chi connectivity index (χ0v) is 12.2. The van der Waals surface area contributed by atoms with Crippen LogP contribution in [0.3, 0.4) is 0 Å². The fourth-order valence-electron chi connectivity index (χ4n) is 2.46. The van der Waals surface area contributed by atoms with E-state index in [1.54, 1.807) is 0 Å². The van der Waals surface area contributed by atoms with Gasteiger partial charge in [0.05, 0.1) is 0 Å². The molecule has 0 aromatic rings. The Morgan fingerprint density at radius 3 is 2.56 bits per heavy atom. The fourth-order valence-corrected chi connectivity index (χ4v) is 2.46. The summed E-state index contributed by atoms with van der Waals surface area (Å²) in [5, 5.41) is 6.42. The number of hydrogen-bond donors (Lipinski definition) is 2. The van der Waals surface area contributed by atoms with E-state index in [1.165, 1.54) is 38.9 Å². The topological polar surface area (TPSA) is 44.4 Å². The molecule has 0 bridgehead atoms. The van der Waals surface area contributed by atoms with E-state index >= 15 is 0 Å². The number of nitrogens with one attached hydrogen (secondary N) is 2. The van der Waals surface area contributed by atoms with E-state index in [0.717, 1.165) is 6.54 Å². The van der Waals surface area contributed by atoms with E-state index in [2.05, 4.69) is 22.5 Å². The van der Waals surface area contributed by atoms with Crippen molar-refractivity contribution in [3.8, 4) is 0 Å². The van der Waals surface area contributed by atoms with Crippen molar-refractivity contribution in [2.75, 3.05) is 26.2 Å². The minimum absolute atomic E-state index is 0.154. The highest BCUT2D eigenvalue weighted by atomic mass is 16.1. The highest BCUT2D eigenvalue weighted by Gasteiger charge is 2.17. The molecular formula is C14H29N3O. The second-order valence-electron chi connectivity index (χ2n) is 5.54. The Kier molecular flexibility index (Phi) is 7.28. The first kappa shape index (κ1) is 15.4. The SMILES string of the molecule is CCCN1CCC(NCCC(=O)NC(C)C)CC1. The van der Waals surface area contributed by atoms with Gasteiger partial charge in [-0.15, -0.1) is 0 Å². The average Bonchev–Trinajstić information content (AvgIpc) is 2.31. The van der Waals surface area contributed by atoms with E-state index in [4.69, 9.17) is 0 Å². The zero-order valence-electron chi connectivity index (χ0n) is 12.2. The van der Waals surface area contributed by atoms with Crippen LogP contribution >= 0.6 is 0 Å². The Balaban J connectivity index is 2.05. The zero-order chi connectivity index (χ0) is 13.4. The third kappa shape index (κ3) is 6.36. The number of carbonyl (C=O) groups excluding carboxylic acids is 1. The maximum Gasteiger partial charge on any atom is 0.221 e. The van der Waals surface area contributed by atoms with Crippen molar-refractivity contribution in [3.63, 3.8) is 0 Å². The summed E-state index contributed by atoms with van der Waals surface area (Å²) < 4.78 is 0. The first-order valence-electron chi connectivity index (χ1n) is 7.37. The third-order valence-corrected chi connectivity index (χ3v) is 3.36. The lowest BCUT2D eigenvalue weighted by Crippen LogP contribution is -2.43. The summed E-state index contributed by atoms with van der Waals surface area (Å²) in [4.78, 5) is 14.0. The van der Waals surface area contributed by atoms with Gasteiger partial charge >= 0.3 is 0 Å². The lowest BCUT2D eigenvalue weighted by molar-refractivity contribution is -0.121. The standard InChI is InChI=1S/C14H29N3O/c1-4-9-17-10-6-13(7-11-17)15-8-5-14(18)16-12(2)3/h12-13,15H,4-11H2,1-3H3,(H,16,18). The van der Waals surface area contributed by atoms with Gasteiger partial charge in [-0.25, -0.2) is 0 Å². The highest BCUT2D eigenvalue weighted by molar-refractivity contribution is 5.76. The van der Waals surface area contributed by atoms with Crippen LogP contribution in [0.4, 0.5) is 0 Å². The predicted octanol–water partition coefficient (Wildman–Crippen LogP) is 1.37. The van der Waals surface area contributed by atoms with Crippen LogP contribution in [0.15, 0.2) is 0 Å². The molecule has 0 unspecified atom stereocenters. The fraction of sp³-hybridized carbons (Fsp3) is 0.929. The molecule has 1 aliphatic rings. The monoisotopic (exact) mass is 255 g/mol. The summed E-state index contributed by atoms with van der Waals surface area (Å²) in [6.07, 6.45) is 4.26. The summed E-state index contributed by atoms with van der Waals surface area (Å²) in [5.41, 5.74) is 0. The molecule has 1 amide bonds. The first-order valence-corrected chi connectivity index (χ1v) is 7.37. The average molecular weight is 255 g/mol. The molecule has 1 heterocycles. The van der Waals surface area contributed by atoms with Crippen molar-refractivity contribution in [3.05, 3.63) is 0 Å². The quantitative estimate of drug-likeness (QED) is 0.722. The van der Waals surface area contributed by atoms with Gasteiger partial charge in [0.15, 0.2) is 0 Å². The maximum atomic E-state index is 11.5. The van der Waals surface area contributed by atoms with Crippen molar-refractivity contribution in [1.82, 2.24) is 15.5 Å². The molecule has 4 heteroatoms. The summed E-state index contributed by atoms with van der Waals surface area (Å²) in [6.45, 7) is 10.6. The molecule has 0 atom stereocenters. The van der Waals surface area contributed by atoms with E-state index in [9.17, 15) is 4.79 Å². The molecule has 1 saturated heterocycles. The van der Waals surface area contributed by atoms with Gasteiger partial charge < -0.3 is 15.5 Å². The molecule has 1 aliphatic heterocycles. The smallest absolute Gasteiger partial charge is 0.221 e. The number of amides is 1. The number of nitrogens with zero attached hydrogens (tertiary/aromatic N) is 1. The van der Waals surface area contributed by atoms with Gasteiger partial charge in [-0.3, -0.25) is 4.79 Å². The summed E-state index contributed by atoms with van der Waals surface area (Å²) in [7, 11) is 0. The van der Waals surface area contributed by atoms with Crippen molar-refractivity contribution in [2.24, 2.45) is 0 Å². The normalized spacial score (nSPS) is 18.2. The predicted molar refractivity (Wildman–Crippen MR) is 75.7 cm³/mol. The molecule has 0 radical (unpaired) electrons. The highest BCUT2D eigenvalue weighted by Crippen LogP contribution is 2.10. The van der Waals surface area contributed by atoms with Gasteiger partial charge in [0.2, 0.25) is 5.91 Å². The van der Waals surface area contributed by atoms with Gasteiger partial charge in [-0.2, -0.15) is 0 Å². The van der Waals surface area contributed by atoms with Crippen LogP contribution in [-0.4, -0.2) is 49.1 Å². The molecule has 1 rings (SSSR count). The molecule has 2 N–H and O–H groups in total. The number of carbonyl (C=O) groups is 1. The van der Waals surface area contributed by atoms with Crippen molar-refractivity contribution in [1.29, 1.82) is 0 Å². The van der Waals surface area contributed by atoms with Gasteiger partial charge in [-0.05, 0) is 52.7 Å². The van der Waals surface area contributed by atoms with Crippen LogP contribution in [0.2, 0.25) is 0 Å². The van der Waals surface area contributed by atoms with E-state index < -0.39 is 0 Å². The maximum absolute atomic E-state index is 11.5. The summed E-state index contributed by atoms with van der Waals surface area (Å²) in [5.74, 6) is 0.154. The molecular weight excluding hydrogens is 226 g/mol. The Morgan fingerprint density at radius 1 is 1.33 bits per heavy atom. The number of likely N-dealkylation sites (tertiary alicyclic amines) is 1. The van der Waals surface area contributed by atoms with Gasteiger partial charge in [0.25, 0.3) is 0 Å². The summed E-state index contributed by atoms with van der Waals surface area (Å²) in [6, 6.07) is 0.847. The minimum Gasteiger partial charge on any atom is -0.354 e. The first-order chi connectivity index (χ1) is 8.61. The largest absolute Gasteiger partial charge is 0.354 e. The van der Waals surface area contributed by atoms with Crippen LogP contribution in [0.25, 0.3) is 0 Å². The second-order valence-corrected chi connectivity index (χ2v) is 5.54. The number of hydrogen-bond acceptors (Lipinski definition) is 3. The second kappa shape index (κ2) is 8.48. The third-order valence-electron chi connectivity index (χ3n) is 3.36. The van der Waals surface area contributed by atoms with E-state index in [-0.39, 0.29) is 11.9 Å². The van der Waals surface area contributed by atoms with Crippen LogP contribution < -0.4 is 10.6 Å². The Bertz CT molecular complexity index is 235.